The molecule has 1 aliphatic rings. The van der Waals surface area contributed by atoms with E-state index >= 15 is 0 Å². The van der Waals surface area contributed by atoms with Gasteiger partial charge in [-0.2, -0.15) is 0 Å². The largest absolute Gasteiger partial charge is 0.323 e. The van der Waals surface area contributed by atoms with E-state index in [-0.39, 0.29) is 23.1 Å². The summed E-state index contributed by atoms with van der Waals surface area (Å²) in [6.45, 7) is 6.80. The minimum absolute atomic E-state index is 0.0174. The lowest BCUT2D eigenvalue weighted by Crippen LogP contribution is -2.46. The number of carbonyl (C=O) groups is 3. The van der Waals surface area contributed by atoms with Gasteiger partial charge >= 0.3 is 0 Å². The Morgan fingerprint density at radius 1 is 1.17 bits per heavy atom. The van der Waals surface area contributed by atoms with Crippen LogP contribution in [0.4, 0.5) is 4.79 Å². The highest BCUT2D eigenvalue weighted by Crippen LogP contribution is 2.22. The van der Waals surface area contributed by atoms with Gasteiger partial charge in [0.1, 0.15) is 6.54 Å². The van der Waals surface area contributed by atoms with Gasteiger partial charge in [0.15, 0.2) is 0 Å². The van der Waals surface area contributed by atoms with Crippen molar-refractivity contribution in [2.45, 2.75) is 26.2 Å². The molecule has 1 heterocycles. The monoisotopic (exact) mass is 335 g/mol. The zero-order chi connectivity index (χ0) is 17.0. The highest BCUT2D eigenvalue weighted by Gasteiger charge is 2.23. The Balaban J connectivity index is 1.84. The third-order valence-electron chi connectivity index (χ3n) is 3.51. The summed E-state index contributed by atoms with van der Waals surface area (Å²) in [4.78, 5) is 36.6. The second-order valence-electron chi connectivity index (χ2n) is 6.37. The first-order valence-corrected chi connectivity index (χ1v) is 8.37. The van der Waals surface area contributed by atoms with Gasteiger partial charge in [-0.1, -0.05) is 44.7 Å². The number of carbonyl (C=O) groups excluding carboxylic acids is 3. The van der Waals surface area contributed by atoms with Crippen LogP contribution in [0, 0.1) is 0 Å². The van der Waals surface area contributed by atoms with Gasteiger partial charge in [0, 0.05) is 17.9 Å². The molecular formula is C16H21N3O3S. The zero-order valence-corrected chi connectivity index (χ0v) is 14.3. The van der Waals surface area contributed by atoms with E-state index in [4.69, 9.17) is 0 Å². The van der Waals surface area contributed by atoms with Crippen molar-refractivity contribution in [3.8, 4) is 0 Å². The van der Waals surface area contributed by atoms with Crippen LogP contribution < -0.4 is 10.9 Å². The molecule has 124 valence electrons. The maximum Gasteiger partial charge on any atom is 0.282 e. The summed E-state index contributed by atoms with van der Waals surface area (Å²) in [5.74, 6) is -0.111. The molecule has 1 fully saturated rings. The van der Waals surface area contributed by atoms with Gasteiger partial charge in [0.25, 0.3) is 17.1 Å². The molecule has 0 aliphatic carbocycles. The average Bonchev–Trinajstić information content (AvgIpc) is 2.89. The van der Waals surface area contributed by atoms with Crippen molar-refractivity contribution in [1.29, 1.82) is 0 Å². The molecule has 0 aromatic heterocycles. The molecule has 0 radical (unpaired) electrons. The molecule has 0 bridgehead atoms. The van der Waals surface area contributed by atoms with E-state index < -0.39 is 5.91 Å². The van der Waals surface area contributed by atoms with E-state index in [0.717, 1.165) is 5.56 Å². The van der Waals surface area contributed by atoms with Gasteiger partial charge in [-0.05, 0) is 23.1 Å². The van der Waals surface area contributed by atoms with Crippen LogP contribution in [0.25, 0.3) is 0 Å². The van der Waals surface area contributed by atoms with Crippen LogP contribution in [0.2, 0.25) is 0 Å². The van der Waals surface area contributed by atoms with Crippen LogP contribution in [0.3, 0.4) is 0 Å². The van der Waals surface area contributed by atoms with Crippen molar-refractivity contribution >= 4 is 28.8 Å². The fraction of sp³-hybridized carbons (Fsp3) is 0.438. The molecule has 1 aliphatic heterocycles. The van der Waals surface area contributed by atoms with Crippen molar-refractivity contribution in [1.82, 2.24) is 15.8 Å². The van der Waals surface area contributed by atoms with Gasteiger partial charge in [-0.15, -0.1) is 0 Å². The van der Waals surface area contributed by atoms with E-state index in [1.54, 1.807) is 12.1 Å². The lowest BCUT2D eigenvalue weighted by Gasteiger charge is -2.19. The predicted molar refractivity (Wildman–Crippen MR) is 90.2 cm³/mol. The maximum absolute atomic E-state index is 12.0. The van der Waals surface area contributed by atoms with Crippen LogP contribution >= 0.6 is 11.8 Å². The Morgan fingerprint density at radius 3 is 2.35 bits per heavy atom. The molecule has 23 heavy (non-hydrogen) atoms. The smallest absolute Gasteiger partial charge is 0.282 e. The van der Waals surface area contributed by atoms with Crippen molar-refractivity contribution < 1.29 is 14.4 Å². The molecule has 2 N–H and O–H groups in total. The summed E-state index contributed by atoms with van der Waals surface area (Å²) in [5.41, 5.74) is 6.30. The summed E-state index contributed by atoms with van der Waals surface area (Å²) in [6.07, 6.45) is 0. The predicted octanol–water partition coefficient (Wildman–Crippen LogP) is 1.91. The fourth-order valence-electron chi connectivity index (χ4n) is 2.10. The summed E-state index contributed by atoms with van der Waals surface area (Å²) in [5, 5.41) is -0.107. The maximum atomic E-state index is 12.0. The third kappa shape index (κ3) is 4.72. The van der Waals surface area contributed by atoms with E-state index in [2.05, 4.69) is 31.6 Å². The molecule has 3 amide bonds. The zero-order valence-electron chi connectivity index (χ0n) is 13.5. The number of rotatable bonds is 3. The van der Waals surface area contributed by atoms with Crippen molar-refractivity contribution in [2.24, 2.45) is 0 Å². The highest BCUT2D eigenvalue weighted by atomic mass is 32.2. The Kier molecular flexibility index (Phi) is 5.30. The minimum Gasteiger partial charge on any atom is -0.323 e. The molecule has 0 saturated carbocycles. The number of hydrogen-bond donors (Lipinski definition) is 2. The standard InChI is InChI=1S/C16H21N3O3S/c1-16(2,3)12-6-4-11(5-7-12)14(21)18-17-13(20)10-19-8-9-23-15(19)22/h4-7H,8-10H2,1-3H3,(H,17,20)(H,18,21). The Bertz CT molecular complexity index is 608. The Morgan fingerprint density at radius 2 is 1.83 bits per heavy atom. The first-order chi connectivity index (χ1) is 10.8. The number of hydrazine groups is 1. The third-order valence-corrected chi connectivity index (χ3v) is 4.40. The number of nitrogens with zero attached hydrogens (tertiary/aromatic N) is 1. The summed E-state index contributed by atoms with van der Waals surface area (Å²) in [6, 6.07) is 7.25. The number of nitrogens with one attached hydrogen (secondary N) is 2. The number of hydrogen-bond acceptors (Lipinski definition) is 4. The fourth-order valence-corrected chi connectivity index (χ4v) is 2.93. The van der Waals surface area contributed by atoms with Crippen LogP contribution in [0.1, 0.15) is 36.7 Å². The van der Waals surface area contributed by atoms with Gasteiger partial charge < -0.3 is 4.90 Å². The quantitative estimate of drug-likeness (QED) is 0.827. The highest BCUT2D eigenvalue weighted by molar-refractivity contribution is 8.13. The van der Waals surface area contributed by atoms with Crippen LogP contribution in [0.5, 0.6) is 0 Å². The minimum atomic E-state index is -0.416. The van der Waals surface area contributed by atoms with Crippen LogP contribution in [-0.2, 0) is 10.2 Å². The lowest BCUT2D eigenvalue weighted by atomic mass is 9.87. The molecular weight excluding hydrogens is 314 g/mol. The second kappa shape index (κ2) is 7.04. The van der Waals surface area contributed by atoms with E-state index in [1.165, 1.54) is 16.7 Å². The molecule has 2 rings (SSSR count). The normalized spacial score (nSPS) is 14.7. The van der Waals surface area contributed by atoms with Gasteiger partial charge in [-0.3, -0.25) is 25.2 Å². The SMILES string of the molecule is CC(C)(C)c1ccc(C(=O)NNC(=O)CN2CCSC2=O)cc1. The summed E-state index contributed by atoms with van der Waals surface area (Å²) < 4.78 is 0. The number of thioether (sulfide) groups is 1. The number of benzene rings is 1. The first-order valence-electron chi connectivity index (χ1n) is 7.39. The lowest BCUT2D eigenvalue weighted by molar-refractivity contribution is -0.122. The molecule has 1 aromatic rings. The first kappa shape index (κ1) is 17.3. The van der Waals surface area contributed by atoms with Gasteiger partial charge in [0.2, 0.25) is 0 Å². The molecule has 6 nitrogen and oxygen atoms in total. The van der Waals surface area contributed by atoms with Gasteiger partial charge in [0.05, 0.1) is 0 Å². The molecule has 0 spiro atoms. The van der Waals surface area contributed by atoms with Crippen LogP contribution in [-0.4, -0.2) is 40.8 Å². The summed E-state index contributed by atoms with van der Waals surface area (Å²) >= 11 is 1.19. The second-order valence-corrected chi connectivity index (χ2v) is 7.41. The number of amides is 3. The molecule has 0 atom stereocenters. The average molecular weight is 335 g/mol. The van der Waals surface area contributed by atoms with Crippen molar-refractivity contribution in [2.75, 3.05) is 18.8 Å². The van der Waals surface area contributed by atoms with Crippen molar-refractivity contribution in [3.63, 3.8) is 0 Å². The Hall–Kier alpha value is -2.02. The van der Waals surface area contributed by atoms with Crippen LogP contribution in [0.15, 0.2) is 24.3 Å². The van der Waals surface area contributed by atoms with Gasteiger partial charge in [-0.25, -0.2) is 0 Å². The molecule has 7 heteroatoms. The molecule has 0 unspecified atom stereocenters. The molecule has 1 aromatic carbocycles. The van der Waals surface area contributed by atoms with E-state index in [9.17, 15) is 14.4 Å². The Labute approximate surface area is 140 Å². The topological polar surface area (TPSA) is 78.5 Å². The van der Waals surface area contributed by atoms with E-state index in [1.807, 2.05) is 12.1 Å². The summed E-state index contributed by atoms with van der Waals surface area (Å²) in [7, 11) is 0. The van der Waals surface area contributed by atoms with Crippen molar-refractivity contribution in [3.05, 3.63) is 35.4 Å². The molecule has 1 saturated heterocycles. The van der Waals surface area contributed by atoms with E-state index in [0.29, 0.717) is 17.9 Å².